The fraction of sp³-hybridized carbons (Fsp3) is 0.316. The van der Waals surface area contributed by atoms with E-state index >= 15 is 0 Å². The first kappa shape index (κ1) is 18.2. The van der Waals surface area contributed by atoms with E-state index in [1.807, 2.05) is 25.1 Å². The number of sulfone groups is 1. The largest absolute Gasteiger partial charge is 0.354 e. The Morgan fingerprint density at radius 3 is 2.17 bits per heavy atom. The molecular weight excluding hydrogens is 322 g/mol. The van der Waals surface area contributed by atoms with Crippen molar-refractivity contribution in [2.45, 2.75) is 36.3 Å². The van der Waals surface area contributed by atoms with Gasteiger partial charge < -0.3 is 5.32 Å². The third-order valence-electron chi connectivity index (χ3n) is 3.86. The Hall–Kier alpha value is -2.14. The normalized spacial score (nSPS) is 12.5. The first-order valence-electron chi connectivity index (χ1n) is 8.16. The highest BCUT2D eigenvalue weighted by molar-refractivity contribution is 7.91. The quantitative estimate of drug-likeness (QED) is 0.796. The third kappa shape index (κ3) is 4.68. The van der Waals surface area contributed by atoms with Gasteiger partial charge in [0.1, 0.15) is 5.25 Å². The van der Waals surface area contributed by atoms with E-state index in [9.17, 15) is 13.2 Å². The Morgan fingerprint density at radius 2 is 1.58 bits per heavy atom. The topological polar surface area (TPSA) is 63.2 Å². The molecule has 0 aliphatic rings. The summed E-state index contributed by atoms with van der Waals surface area (Å²) in [5.41, 5.74) is 0.678. The van der Waals surface area contributed by atoms with Crippen molar-refractivity contribution in [1.82, 2.24) is 5.32 Å². The summed E-state index contributed by atoms with van der Waals surface area (Å²) in [5.74, 6) is -0.110. The molecule has 0 saturated carbocycles. The average molecular weight is 345 g/mol. The first-order valence-corrected chi connectivity index (χ1v) is 9.71. The van der Waals surface area contributed by atoms with Crippen LogP contribution in [0.2, 0.25) is 0 Å². The summed E-state index contributed by atoms with van der Waals surface area (Å²) < 4.78 is 26.0. The predicted molar refractivity (Wildman–Crippen MR) is 95.3 cm³/mol. The molecule has 4 nitrogen and oxygen atoms in total. The van der Waals surface area contributed by atoms with Crippen molar-refractivity contribution in [3.63, 3.8) is 0 Å². The highest BCUT2D eigenvalue weighted by Gasteiger charge is 2.29. The molecule has 0 aromatic heterocycles. The number of rotatable bonds is 8. The van der Waals surface area contributed by atoms with Gasteiger partial charge in [-0.2, -0.15) is 0 Å². The molecule has 0 fully saturated rings. The van der Waals surface area contributed by atoms with Gasteiger partial charge >= 0.3 is 0 Å². The minimum atomic E-state index is -3.59. The van der Waals surface area contributed by atoms with Gasteiger partial charge in [0, 0.05) is 13.0 Å². The second-order valence-corrected chi connectivity index (χ2v) is 7.80. The fourth-order valence-corrected chi connectivity index (χ4v) is 4.16. The lowest BCUT2D eigenvalue weighted by atomic mass is 10.1. The minimum Gasteiger partial charge on any atom is -0.354 e. The zero-order valence-corrected chi connectivity index (χ0v) is 14.6. The lowest BCUT2D eigenvalue weighted by molar-refractivity contribution is -0.121. The van der Waals surface area contributed by atoms with Crippen LogP contribution in [0.5, 0.6) is 0 Å². The van der Waals surface area contributed by atoms with Crippen molar-refractivity contribution in [1.29, 1.82) is 0 Å². The number of carbonyl (C=O) groups excluding carboxylic acids is 1. The molecule has 0 aliphatic carbocycles. The van der Waals surface area contributed by atoms with E-state index < -0.39 is 15.1 Å². The highest BCUT2D eigenvalue weighted by Crippen LogP contribution is 2.28. The fourth-order valence-electron chi connectivity index (χ4n) is 2.48. The van der Waals surface area contributed by atoms with E-state index in [0.29, 0.717) is 12.0 Å². The van der Waals surface area contributed by atoms with Crippen molar-refractivity contribution >= 4 is 15.7 Å². The van der Waals surface area contributed by atoms with Crippen LogP contribution in [0.1, 0.15) is 37.0 Å². The maximum atomic E-state index is 13.0. The van der Waals surface area contributed by atoms with E-state index in [1.165, 1.54) is 0 Å². The van der Waals surface area contributed by atoms with Gasteiger partial charge in [0.15, 0.2) is 9.84 Å². The van der Waals surface area contributed by atoms with Crippen molar-refractivity contribution < 1.29 is 13.2 Å². The predicted octanol–water partition coefficient (Wildman–Crippen LogP) is 3.51. The Bertz CT molecular complexity index is 743. The van der Waals surface area contributed by atoms with E-state index in [0.717, 1.165) is 12.8 Å². The van der Waals surface area contributed by atoms with E-state index in [-0.39, 0.29) is 17.3 Å². The van der Waals surface area contributed by atoms with Gasteiger partial charge in [0.05, 0.1) is 4.90 Å². The molecule has 24 heavy (non-hydrogen) atoms. The Labute approximate surface area is 143 Å². The van der Waals surface area contributed by atoms with Gasteiger partial charge in [-0.25, -0.2) is 8.42 Å². The van der Waals surface area contributed by atoms with Crippen molar-refractivity contribution in [2.75, 3.05) is 6.54 Å². The summed E-state index contributed by atoms with van der Waals surface area (Å²) >= 11 is 0. The molecule has 0 aliphatic heterocycles. The molecular formula is C19H23NO3S. The first-order chi connectivity index (χ1) is 11.6. The van der Waals surface area contributed by atoms with Crippen LogP contribution in [0, 0.1) is 0 Å². The Balaban J connectivity index is 2.26. The van der Waals surface area contributed by atoms with Gasteiger partial charge in [-0.1, -0.05) is 61.9 Å². The van der Waals surface area contributed by atoms with Crippen LogP contribution in [-0.2, 0) is 14.6 Å². The standard InChI is InChI=1S/C19H23NO3S/c1-2-3-14-19(21)20-15-18(16-10-6-4-7-11-16)24(22,23)17-12-8-5-9-13-17/h4-13,18H,2-3,14-15H2,1H3,(H,20,21)/t18-/m0/s1. The lowest BCUT2D eigenvalue weighted by Gasteiger charge is -2.19. The molecule has 0 saturated heterocycles. The van der Waals surface area contributed by atoms with Crippen LogP contribution >= 0.6 is 0 Å². The number of hydrogen-bond donors (Lipinski definition) is 1. The molecule has 5 heteroatoms. The van der Waals surface area contributed by atoms with Crippen LogP contribution in [0.4, 0.5) is 0 Å². The molecule has 0 bridgehead atoms. The van der Waals surface area contributed by atoms with Crippen LogP contribution in [0.3, 0.4) is 0 Å². The van der Waals surface area contributed by atoms with Gasteiger partial charge in [-0.15, -0.1) is 0 Å². The van der Waals surface area contributed by atoms with Gasteiger partial charge in [-0.05, 0) is 24.1 Å². The van der Waals surface area contributed by atoms with E-state index in [2.05, 4.69) is 5.32 Å². The Morgan fingerprint density at radius 1 is 1.00 bits per heavy atom. The zero-order chi connectivity index (χ0) is 17.4. The molecule has 1 N–H and O–H groups in total. The van der Waals surface area contributed by atoms with Crippen LogP contribution < -0.4 is 5.32 Å². The second kappa shape index (κ2) is 8.64. The van der Waals surface area contributed by atoms with Crippen molar-refractivity contribution in [3.05, 3.63) is 66.2 Å². The summed E-state index contributed by atoms with van der Waals surface area (Å²) in [6.07, 6.45) is 2.15. The summed E-state index contributed by atoms with van der Waals surface area (Å²) in [6, 6.07) is 17.4. The summed E-state index contributed by atoms with van der Waals surface area (Å²) in [7, 11) is -3.59. The summed E-state index contributed by atoms with van der Waals surface area (Å²) in [5, 5.41) is 1.97. The smallest absolute Gasteiger partial charge is 0.220 e. The molecule has 128 valence electrons. The van der Waals surface area contributed by atoms with Gasteiger partial charge in [-0.3, -0.25) is 4.79 Å². The minimum absolute atomic E-state index is 0.0732. The van der Waals surface area contributed by atoms with Crippen LogP contribution in [0.15, 0.2) is 65.6 Å². The average Bonchev–Trinajstić information content (AvgIpc) is 2.61. The number of amides is 1. The molecule has 0 radical (unpaired) electrons. The number of benzene rings is 2. The second-order valence-electron chi connectivity index (χ2n) is 5.67. The third-order valence-corrected chi connectivity index (χ3v) is 5.98. The summed E-state index contributed by atoms with van der Waals surface area (Å²) in [4.78, 5) is 12.2. The highest BCUT2D eigenvalue weighted by atomic mass is 32.2. The number of hydrogen-bond acceptors (Lipinski definition) is 3. The zero-order valence-electron chi connectivity index (χ0n) is 13.8. The van der Waals surface area contributed by atoms with Gasteiger partial charge in [0.2, 0.25) is 5.91 Å². The number of carbonyl (C=O) groups is 1. The molecule has 1 atom stereocenters. The lowest BCUT2D eigenvalue weighted by Crippen LogP contribution is -2.31. The Kier molecular flexibility index (Phi) is 6.55. The van der Waals surface area contributed by atoms with Crippen molar-refractivity contribution in [2.24, 2.45) is 0 Å². The molecule has 2 rings (SSSR count). The maximum Gasteiger partial charge on any atom is 0.220 e. The molecule has 0 unspecified atom stereocenters. The maximum absolute atomic E-state index is 13.0. The van der Waals surface area contributed by atoms with Crippen LogP contribution in [0.25, 0.3) is 0 Å². The SMILES string of the molecule is CCCCC(=O)NC[C@@H](c1ccccc1)S(=O)(=O)c1ccccc1. The van der Waals surface area contributed by atoms with E-state index in [1.54, 1.807) is 42.5 Å². The van der Waals surface area contributed by atoms with Crippen LogP contribution in [-0.4, -0.2) is 20.9 Å². The monoisotopic (exact) mass is 345 g/mol. The molecule has 2 aromatic rings. The molecule has 2 aromatic carbocycles. The number of nitrogens with one attached hydrogen (secondary N) is 1. The summed E-state index contributed by atoms with van der Waals surface area (Å²) in [6.45, 7) is 2.09. The van der Waals surface area contributed by atoms with E-state index in [4.69, 9.17) is 0 Å². The molecule has 0 spiro atoms. The molecule has 0 heterocycles. The van der Waals surface area contributed by atoms with Crippen molar-refractivity contribution in [3.8, 4) is 0 Å². The molecule has 1 amide bonds. The van der Waals surface area contributed by atoms with Gasteiger partial charge in [0.25, 0.3) is 0 Å². The number of unbranched alkanes of at least 4 members (excludes halogenated alkanes) is 1.